The lowest BCUT2D eigenvalue weighted by atomic mass is 9.90. The van der Waals surface area contributed by atoms with Gasteiger partial charge in [-0.3, -0.25) is 4.55 Å². The molecule has 1 unspecified atom stereocenters. The third-order valence-electron chi connectivity index (χ3n) is 4.31. The highest BCUT2D eigenvalue weighted by molar-refractivity contribution is 7.85. The molecule has 0 radical (unpaired) electrons. The fraction of sp³-hybridized carbons (Fsp3) is 0.100. The summed E-state index contributed by atoms with van der Waals surface area (Å²) in [7, 11) is -1.50. The van der Waals surface area contributed by atoms with Crippen molar-refractivity contribution in [2.24, 2.45) is 0 Å². The van der Waals surface area contributed by atoms with Gasteiger partial charge in [-0.15, -0.1) is 9.24 Å². The van der Waals surface area contributed by atoms with Gasteiger partial charge in [-0.05, 0) is 64.7 Å². The van der Waals surface area contributed by atoms with Crippen LogP contribution in [0.25, 0.3) is 22.3 Å². The Bertz CT molecular complexity index is 1060. The van der Waals surface area contributed by atoms with Gasteiger partial charge in [-0.1, -0.05) is 48.5 Å². The van der Waals surface area contributed by atoms with Gasteiger partial charge in [0.25, 0.3) is 10.1 Å². The molecule has 0 heterocycles. The molecule has 3 aromatic carbocycles. The Kier molecular flexibility index (Phi) is 4.79. The SMILES string of the molecule is Cc1ccc(S(=O)(=O)O)cc1-c1cccc(P)c1-c1ccccc1C. The van der Waals surface area contributed by atoms with E-state index in [1.165, 1.54) is 12.1 Å². The number of rotatable bonds is 3. The van der Waals surface area contributed by atoms with E-state index in [0.717, 1.165) is 38.7 Å². The zero-order valence-electron chi connectivity index (χ0n) is 14.0. The first-order valence-electron chi connectivity index (χ1n) is 7.82. The van der Waals surface area contributed by atoms with Crippen LogP contribution in [-0.2, 0) is 10.1 Å². The van der Waals surface area contributed by atoms with E-state index in [1.807, 2.05) is 37.3 Å². The van der Waals surface area contributed by atoms with Crippen LogP contribution in [0.15, 0.2) is 65.6 Å². The van der Waals surface area contributed by atoms with Gasteiger partial charge in [0.2, 0.25) is 0 Å². The molecule has 0 bridgehead atoms. The van der Waals surface area contributed by atoms with Crippen molar-refractivity contribution >= 4 is 24.7 Å². The van der Waals surface area contributed by atoms with Crippen LogP contribution in [0.1, 0.15) is 11.1 Å². The second kappa shape index (κ2) is 6.72. The minimum atomic E-state index is -4.25. The van der Waals surface area contributed by atoms with Gasteiger partial charge in [0.1, 0.15) is 0 Å². The molecule has 3 aromatic rings. The van der Waals surface area contributed by atoms with Gasteiger partial charge in [-0.2, -0.15) is 8.42 Å². The van der Waals surface area contributed by atoms with Crippen molar-refractivity contribution in [3.05, 3.63) is 71.8 Å². The molecule has 0 aliphatic rings. The van der Waals surface area contributed by atoms with Crippen molar-refractivity contribution < 1.29 is 13.0 Å². The maximum Gasteiger partial charge on any atom is 0.294 e. The Hall–Kier alpha value is -2.00. The predicted octanol–water partition coefficient (Wildman–Crippen LogP) is 4.38. The highest BCUT2D eigenvalue weighted by Crippen LogP contribution is 2.36. The highest BCUT2D eigenvalue weighted by Gasteiger charge is 2.17. The van der Waals surface area contributed by atoms with Crippen molar-refractivity contribution in [3.8, 4) is 22.3 Å². The summed E-state index contributed by atoms with van der Waals surface area (Å²) < 4.78 is 32.5. The number of hydrogen-bond donors (Lipinski definition) is 1. The van der Waals surface area contributed by atoms with Crippen LogP contribution in [0.2, 0.25) is 0 Å². The summed E-state index contributed by atoms with van der Waals surface area (Å²) in [4.78, 5) is -0.0991. The molecule has 1 atom stereocenters. The van der Waals surface area contributed by atoms with E-state index in [4.69, 9.17) is 0 Å². The normalized spacial score (nSPS) is 11.5. The quantitative estimate of drug-likeness (QED) is 0.550. The molecule has 3 nitrogen and oxygen atoms in total. The van der Waals surface area contributed by atoms with Crippen LogP contribution in [0.5, 0.6) is 0 Å². The molecule has 25 heavy (non-hydrogen) atoms. The Morgan fingerprint density at radius 2 is 1.44 bits per heavy atom. The van der Waals surface area contributed by atoms with E-state index in [9.17, 15) is 13.0 Å². The van der Waals surface area contributed by atoms with Crippen molar-refractivity contribution in [2.45, 2.75) is 18.7 Å². The third-order valence-corrected chi connectivity index (χ3v) is 5.64. The molecule has 0 amide bonds. The molecule has 128 valence electrons. The van der Waals surface area contributed by atoms with E-state index in [-0.39, 0.29) is 4.90 Å². The van der Waals surface area contributed by atoms with Crippen LogP contribution < -0.4 is 5.30 Å². The fourth-order valence-electron chi connectivity index (χ4n) is 3.00. The second-order valence-corrected chi connectivity index (χ2v) is 8.08. The molecule has 0 saturated carbocycles. The van der Waals surface area contributed by atoms with Gasteiger partial charge in [-0.25, -0.2) is 0 Å². The molecule has 5 heteroatoms. The lowest BCUT2D eigenvalue weighted by Crippen LogP contribution is -2.03. The first kappa shape index (κ1) is 17.8. The minimum absolute atomic E-state index is 0.0991. The molecule has 0 aromatic heterocycles. The van der Waals surface area contributed by atoms with Gasteiger partial charge >= 0.3 is 0 Å². The molecule has 0 spiro atoms. The van der Waals surface area contributed by atoms with E-state index in [2.05, 4.69) is 28.3 Å². The summed E-state index contributed by atoms with van der Waals surface area (Å²) in [6.07, 6.45) is 0. The van der Waals surface area contributed by atoms with Gasteiger partial charge < -0.3 is 0 Å². The Labute approximate surface area is 150 Å². The Morgan fingerprint density at radius 3 is 2.12 bits per heavy atom. The Morgan fingerprint density at radius 1 is 0.800 bits per heavy atom. The van der Waals surface area contributed by atoms with Gasteiger partial charge in [0.15, 0.2) is 0 Å². The summed E-state index contributed by atoms with van der Waals surface area (Å²) in [5.74, 6) is 0. The average Bonchev–Trinajstić information content (AvgIpc) is 2.55. The van der Waals surface area contributed by atoms with Crippen LogP contribution in [-0.4, -0.2) is 13.0 Å². The lowest BCUT2D eigenvalue weighted by Gasteiger charge is -2.17. The first-order valence-corrected chi connectivity index (χ1v) is 9.84. The molecule has 0 aliphatic carbocycles. The first-order chi connectivity index (χ1) is 11.8. The summed E-state index contributed by atoms with van der Waals surface area (Å²) in [5.41, 5.74) is 5.95. The van der Waals surface area contributed by atoms with Crippen molar-refractivity contribution in [3.63, 3.8) is 0 Å². The Balaban J connectivity index is 2.34. The van der Waals surface area contributed by atoms with Crippen LogP contribution in [0.4, 0.5) is 0 Å². The predicted molar refractivity (Wildman–Crippen MR) is 106 cm³/mol. The maximum atomic E-state index is 11.6. The van der Waals surface area contributed by atoms with Crippen molar-refractivity contribution in [1.29, 1.82) is 0 Å². The van der Waals surface area contributed by atoms with Crippen molar-refractivity contribution in [2.75, 3.05) is 0 Å². The highest BCUT2D eigenvalue weighted by atomic mass is 32.2. The zero-order chi connectivity index (χ0) is 18.2. The molecular formula is C20H19O3PS. The van der Waals surface area contributed by atoms with E-state index in [1.54, 1.807) is 6.07 Å². The smallest absolute Gasteiger partial charge is 0.282 e. The lowest BCUT2D eigenvalue weighted by molar-refractivity contribution is 0.483. The second-order valence-electron chi connectivity index (χ2n) is 6.04. The molecule has 3 rings (SSSR count). The monoisotopic (exact) mass is 370 g/mol. The number of hydrogen-bond acceptors (Lipinski definition) is 2. The topological polar surface area (TPSA) is 54.4 Å². The van der Waals surface area contributed by atoms with E-state index in [0.29, 0.717) is 0 Å². The van der Waals surface area contributed by atoms with E-state index >= 15 is 0 Å². The molecule has 0 saturated heterocycles. The van der Waals surface area contributed by atoms with Crippen LogP contribution in [0, 0.1) is 13.8 Å². The number of benzene rings is 3. The average molecular weight is 370 g/mol. The van der Waals surface area contributed by atoms with E-state index < -0.39 is 10.1 Å². The largest absolute Gasteiger partial charge is 0.294 e. The summed E-state index contributed by atoms with van der Waals surface area (Å²) >= 11 is 0. The van der Waals surface area contributed by atoms with Crippen molar-refractivity contribution in [1.82, 2.24) is 0 Å². The standard InChI is InChI=1S/C20H19O3PS/c1-13-6-3-4-7-16(13)20-17(8-5-9-19(20)24)18-12-15(25(21,22)23)11-10-14(18)2/h3-12H,24H2,1-2H3,(H,21,22,23). The summed E-state index contributed by atoms with van der Waals surface area (Å²) in [5, 5.41) is 1.03. The molecule has 0 aliphatic heterocycles. The third kappa shape index (κ3) is 3.52. The van der Waals surface area contributed by atoms with Gasteiger partial charge in [0.05, 0.1) is 4.90 Å². The minimum Gasteiger partial charge on any atom is -0.282 e. The maximum absolute atomic E-state index is 11.6. The fourth-order valence-corrected chi connectivity index (χ4v) is 3.93. The van der Waals surface area contributed by atoms with Crippen LogP contribution in [0.3, 0.4) is 0 Å². The summed E-state index contributed by atoms with van der Waals surface area (Å²) in [6, 6.07) is 18.7. The van der Waals surface area contributed by atoms with Gasteiger partial charge in [0, 0.05) is 0 Å². The zero-order valence-corrected chi connectivity index (χ0v) is 16.0. The number of aryl methyl sites for hydroxylation is 2. The van der Waals surface area contributed by atoms with Crippen LogP contribution >= 0.6 is 9.24 Å². The molecule has 0 fully saturated rings. The molecular weight excluding hydrogens is 351 g/mol. The molecule has 1 N–H and O–H groups in total. The summed E-state index contributed by atoms with van der Waals surface area (Å²) in [6.45, 7) is 3.98.